The molecule has 0 radical (unpaired) electrons. The van der Waals surface area contributed by atoms with Gasteiger partial charge in [0.1, 0.15) is 11.2 Å². The first kappa shape index (κ1) is 19.6. The van der Waals surface area contributed by atoms with Crippen LogP contribution in [0.25, 0.3) is 5.65 Å². The number of carbonyl (C=O) groups is 2. The number of aromatic nitrogens is 3. The molecule has 5 rings (SSSR count). The normalized spacial score (nSPS) is 24.1. The summed E-state index contributed by atoms with van der Waals surface area (Å²) >= 11 is 0. The molecule has 8 nitrogen and oxygen atoms in total. The van der Waals surface area contributed by atoms with Gasteiger partial charge in [-0.15, -0.1) is 0 Å². The van der Waals surface area contributed by atoms with Gasteiger partial charge >= 0.3 is 0 Å². The number of imidazole rings is 1. The molecule has 1 atom stereocenters. The van der Waals surface area contributed by atoms with Crippen LogP contribution in [-0.4, -0.2) is 86.0 Å². The first-order chi connectivity index (χ1) is 14.6. The number of aryl methyl sites for hydroxylation is 1. The van der Waals surface area contributed by atoms with Crippen molar-refractivity contribution in [2.75, 3.05) is 39.3 Å². The number of amides is 2. The summed E-state index contributed by atoms with van der Waals surface area (Å²) in [6.07, 6.45) is 11.9. The maximum absolute atomic E-state index is 13.1. The Kier molecular flexibility index (Phi) is 5.26. The first-order valence-corrected chi connectivity index (χ1v) is 11.4. The number of hydrogen-bond donors (Lipinski definition) is 0. The van der Waals surface area contributed by atoms with Crippen LogP contribution in [0.1, 0.15) is 48.9 Å². The van der Waals surface area contributed by atoms with Gasteiger partial charge in [0, 0.05) is 58.2 Å². The van der Waals surface area contributed by atoms with Crippen LogP contribution < -0.4 is 0 Å². The number of likely N-dealkylation sites (tertiary alicyclic amines) is 3. The van der Waals surface area contributed by atoms with Gasteiger partial charge in [0.05, 0.1) is 12.1 Å². The number of rotatable bonds is 3. The molecule has 162 valence electrons. The predicted molar refractivity (Wildman–Crippen MR) is 113 cm³/mol. The van der Waals surface area contributed by atoms with Crippen molar-refractivity contribution in [3.05, 3.63) is 24.2 Å². The Labute approximate surface area is 177 Å². The molecule has 0 bridgehead atoms. The van der Waals surface area contributed by atoms with E-state index in [0.717, 1.165) is 83.4 Å². The fourth-order valence-electron chi connectivity index (χ4n) is 5.54. The van der Waals surface area contributed by atoms with Crippen molar-refractivity contribution in [1.82, 2.24) is 28.9 Å². The minimum absolute atomic E-state index is 0.0750. The van der Waals surface area contributed by atoms with Gasteiger partial charge in [-0.25, -0.2) is 4.52 Å². The molecule has 30 heavy (non-hydrogen) atoms. The van der Waals surface area contributed by atoms with Crippen LogP contribution in [0.5, 0.6) is 0 Å². The molecule has 3 aliphatic heterocycles. The number of hydrogen-bond acceptors (Lipinski definition) is 4. The van der Waals surface area contributed by atoms with E-state index in [1.54, 1.807) is 10.7 Å². The SMILES string of the molecule is Cn1ccn2ncc(C(=O)N3CCC(N4CCCC(C(=O)N5CCCC5)C4)CC3)c12. The minimum Gasteiger partial charge on any atom is -0.342 e. The van der Waals surface area contributed by atoms with Gasteiger partial charge in [0.15, 0.2) is 0 Å². The van der Waals surface area contributed by atoms with Gasteiger partial charge in [-0.05, 0) is 45.1 Å². The van der Waals surface area contributed by atoms with Crippen LogP contribution in [0, 0.1) is 5.92 Å². The molecule has 0 spiro atoms. The highest BCUT2D eigenvalue weighted by Crippen LogP contribution is 2.27. The summed E-state index contributed by atoms with van der Waals surface area (Å²) in [6, 6.07) is 0.477. The average Bonchev–Trinajstić information content (AvgIpc) is 3.53. The van der Waals surface area contributed by atoms with Crippen molar-refractivity contribution in [3.8, 4) is 0 Å². The van der Waals surface area contributed by atoms with E-state index in [0.29, 0.717) is 17.5 Å². The van der Waals surface area contributed by atoms with Crippen molar-refractivity contribution in [3.63, 3.8) is 0 Å². The second kappa shape index (κ2) is 8.06. The van der Waals surface area contributed by atoms with Crippen molar-refractivity contribution in [2.45, 2.75) is 44.6 Å². The zero-order chi connectivity index (χ0) is 20.7. The van der Waals surface area contributed by atoms with Crippen LogP contribution in [-0.2, 0) is 11.8 Å². The highest BCUT2D eigenvalue weighted by molar-refractivity contribution is 5.99. The Morgan fingerprint density at radius 3 is 2.47 bits per heavy atom. The molecule has 0 N–H and O–H groups in total. The summed E-state index contributed by atoms with van der Waals surface area (Å²) < 4.78 is 3.70. The van der Waals surface area contributed by atoms with E-state index >= 15 is 0 Å². The lowest BCUT2D eigenvalue weighted by Crippen LogP contribution is -2.51. The monoisotopic (exact) mass is 412 g/mol. The molecule has 3 aliphatic rings. The maximum Gasteiger partial charge on any atom is 0.259 e. The van der Waals surface area contributed by atoms with Gasteiger partial charge in [-0.1, -0.05) is 0 Å². The Morgan fingerprint density at radius 2 is 1.70 bits per heavy atom. The van der Waals surface area contributed by atoms with Gasteiger partial charge in [0.2, 0.25) is 5.91 Å². The van der Waals surface area contributed by atoms with E-state index in [9.17, 15) is 9.59 Å². The van der Waals surface area contributed by atoms with E-state index in [-0.39, 0.29) is 11.8 Å². The minimum atomic E-state index is 0.0750. The molecule has 5 heterocycles. The fourth-order valence-corrected chi connectivity index (χ4v) is 5.54. The lowest BCUT2D eigenvalue weighted by atomic mass is 9.93. The summed E-state index contributed by atoms with van der Waals surface area (Å²) in [7, 11) is 1.94. The Bertz CT molecular complexity index is 919. The zero-order valence-electron chi connectivity index (χ0n) is 17.9. The molecule has 1 unspecified atom stereocenters. The second-order valence-corrected chi connectivity index (χ2v) is 9.13. The van der Waals surface area contributed by atoms with Gasteiger partial charge in [-0.2, -0.15) is 5.10 Å². The van der Waals surface area contributed by atoms with Crippen molar-refractivity contribution < 1.29 is 9.59 Å². The molecule has 0 aliphatic carbocycles. The van der Waals surface area contributed by atoms with Crippen LogP contribution in [0.15, 0.2) is 18.6 Å². The molecule has 2 aromatic heterocycles. The van der Waals surface area contributed by atoms with Crippen LogP contribution in [0.3, 0.4) is 0 Å². The lowest BCUT2D eigenvalue weighted by Gasteiger charge is -2.42. The van der Waals surface area contributed by atoms with Crippen molar-refractivity contribution in [2.24, 2.45) is 13.0 Å². The van der Waals surface area contributed by atoms with Gasteiger partial charge < -0.3 is 14.4 Å². The van der Waals surface area contributed by atoms with E-state index in [2.05, 4.69) is 14.9 Å². The largest absolute Gasteiger partial charge is 0.342 e. The number of fused-ring (bicyclic) bond motifs is 1. The molecule has 8 heteroatoms. The topological polar surface area (TPSA) is 66.1 Å². The summed E-state index contributed by atoms with van der Waals surface area (Å²) in [4.78, 5) is 32.5. The van der Waals surface area contributed by atoms with Gasteiger partial charge in [0.25, 0.3) is 5.91 Å². The molecule has 2 amide bonds. The highest BCUT2D eigenvalue weighted by Gasteiger charge is 2.35. The molecule has 0 saturated carbocycles. The van der Waals surface area contributed by atoms with E-state index in [1.807, 2.05) is 28.9 Å². The van der Waals surface area contributed by atoms with E-state index < -0.39 is 0 Å². The average molecular weight is 413 g/mol. The second-order valence-electron chi connectivity index (χ2n) is 9.13. The third-order valence-electron chi connectivity index (χ3n) is 7.25. The zero-order valence-corrected chi connectivity index (χ0v) is 17.9. The number of carbonyl (C=O) groups excluding carboxylic acids is 2. The number of nitrogens with zero attached hydrogens (tertiary/aromatic N) is 6. The molecule has 0 aromatic carbocycles. The van der Waals surface area contributed by atoms with E-state index in [4.69, 9.17) is 0 Å². The molecule has 3 saturated heterocycles. The quantitative estimate of drug-likeness (QED) is 0.768. The van der Waals surface area contributed by atoms with Crippen molar-refractivity contribution in [1.29, 1.82) is 0 Å². The van der Waals surface area contributed by atoms with Crippen molar-refractivity contribution >= 4 is 17.5 Å². The Balaban J connectivity index is 1.19. The predicted octanol–water partition coefficient (Wildman–Crippen LogP) is 1.61. The Morgan fingerprint density at radius 1 is 0.933 bits per heavy atom. The Hall–Kier alpha value is -2.35. The lowest BCUT2D eigenvalue weighted by molar-refractivity contribution is -0.136. The standard InChI is InChI=1S/C22H32N6O2/c1-24-13-14-28-20(24)19(15-23-28)22(30)26-11-6-18(7-12-26)27-10-4-5-17(16-27)21(29)25-8-2-3-9-25/h13-15,17-18H,2-12,16H2,1H3. The van der Waals surface area contributed by atoms with E-state index in [1.165, 1.54) is 0 Å². The third kappa shape index (κ3) is 3.51. The van der Waals surface area contributed by atoms with Crippen LogP contribution in [0.4, 0.5) is 0 Å². The van der Waals surface area contributed by atoms with Crippen LogP contribution in [0.2, 0.25) is 0 Å². The summed E-state index contributed by atoms with van der Waals surface area (Å²) in [5, 5.41) is 4.31. The summed E-state index contributed by atoms with van der Waals surface area (Å²) in [5.74, 6) is 0.609. The van der Waals surface area contributed by atoms with Crippen LogP contribution >= 0.6 is 0 Å². The third-order valence-corrected chi connectivity index (χ3v) is 7.25. The molecular weight excluding hydrogens is 380 g/mol. The maximum atomic E-state index is 13.1. The summed E-state index contributed by atoms with van der Waals surface area (Å²) in [5.41, 5.74) is 1.52. The number of piperidine rings is 2. The molecule has 3 fully saturated rings. The first-order valence-electron chi connectivity index (χ1n) is 11.4. The smallest absolute Gasteiger partial charge is 0.259 e. The molecular formula is C22H32N6O2. The van der Waals surface area contributed by atoms with Gasteiger partial charge in [-0.3, -0.25) is 14.5 Å². The summed E-state index contributed by atoms with van der Waals surface area (Å²) in [6.45, 7) is 5.40. The molecule has 2 aromatic rings. The fraction of sp³-hybridized carbons (Fsp3) is 0.682. The highest BCUT2D eigenvalue weighted by atomic mass is 16.2.